The quantitative estimate of drug-likeness (QED) is 0.319. The lowest BCUT2D eigenvalue weighted by molar-refractivity contribution is -0.144. The third-order valence-electron chi connectivity index (χ3n) is 6.51. The second-order valence-corrected chi connectivity index (χ2v) is 11.7. The third kappa shape index (κ3) is 6.16. The van der Waals surface area contributed by atoms with Crippen molar-refractivity contribution in [2.24, 2.45) is 5.92 Å². The number of aromatic nitrogens is 1. The Bertz CT molecular complexity index is 1250. The van der Waals surface area contributed by atoms with E-state index in [1.807, 2.05) is 29.3 Å². The first-order chi connectivity index (χ1) is 17.2. The van der Waals surface area contributed by atoms with E-state index in [1.165, 1.54) is 0 Å². The van der Waals surface area contributed by atoms with Gasteiger partial charge in [0.15, 0.2) is 0 Å². The molecule has 3 heterocycles. The zero-order valence-electron chi connectivity index (χ0n) is 21.3. The first-order valence-electron chi connectivity index (χ1n) is 12.5. The highest BCUT2D eigenvalue weighted by Crippen LogP contribution is 2.37. The van der Waals surface area contributed by atoms with Crippen molar-refractivity contribution in [3.05, 3.63) is 64.3 Å². The molecule has 1 aromatic carbocycles. The van der Waals surface area contributed by atoms with E-state index >= 15 is 0 Å². The van der Waals surface area contributed by atoms with Gasteiger partial charge in [0.05, 0.1) is 13.0 Å². The molecule has 1 atom stereocenters. The molecule has 0 N–H and O–H groups in total. The number of hydrogen-bond donors (Lipinski definition) is 0. The first-order valence-corrected chi connectivity index (χ1v) is 13.7. The summed E-state index contributed by atoms with van der Waals surface area (Å²) in [4.78, 5) is 32.6. The summed E-state index contributed by atoms with van der Waals surface area (Å²) in [5.74, 6) is -0.108. The monoisotopic (exact) mass is 524 g/mol. The number of halogens is 1. The Kier molecular flexibility index (Phi) is 8.16. The van der Waals surface area contributed by atoms with Crippen LogP contribution < -0.4 is 0 Å². The van der Waals surface area contributed by atoms with Crippen molar-refractivity contribution < 1.29 is 14.3 Å². The smallest absolute Gasteiger partial charge is 0.306 e. The van der Waals surface area contributed by atoms with Crippen LogP contribution in [0.3, 0.4) is 0 Å². The second kappa shape index (κ2) is 11.1. The fraction of sp³-hybridized carbons (Fsp3) is 0.414. The van der Waals surface area contributed by atoms with Crippen LogP contribution >= 0.6 is 22.9 Å². The van der Waals surface area contributed by atoms with Crippen molar-refractivity contribution in [1.29, 1.82) is 0 Å². The minimum Gasteiger partial charge on any atom is -0.466 e. The molecule has 0 radical (unpaired) electrons. The van der Waals surface area contributed by atoms with E-state index in [0.29, 0.717) is 36.7 Å². The number of piperidine rings is 1. The van der Waals surface area contributed by atoms with Crippen molar-refractivity contribution in [3.63, 3.8) is 0 Å². The van der Waals surface area contributed by atoms with Gasteiger partial charge in [0.2, 0.25) is 0 Å². The SMILES string of the molecule is CCOC(=O)CC1CCCN(C(=O)c2ccc(-c3csc(-c4ccnc(C(C)(C)C)c4)c3)c(Cl)c2)C1. The van der Waals surface area contributed by atoms with Crippen LogP contribution in [-0.2, 0) is 14.9 Å². The summed E-state index contributed by atoms with van der Waals surface area (Å²) in [6.45, 7) is 9.91. The summed E-state index contributed by atoms with van der Waals surface area (Å²) >= 11 is 8.35. The fourth-order valence-corrected chi connectivity index (χ4v) is 5.76. The normalized spacial score (nSPS) is 16.1. The van der Waals surface area contributed by atoms with Crippen molar-refractivity contribution in [2.45, 2.75) is 52.4 Å². The van der Waals surface area contributed by atoms with Crippen LogP contribution in [0.4, 0.5) is 0 Å². The van der Waals surface area contributed by atoms with Gasteiger partial charge < -0.3 is 9.64 Å². The molecule has 4 rings (SSSR count). The number of likely N-dealkylation sites (tertiary alicyclic amines) is 1. The van der Waals surface area contributed by atoms with Crippen LogP contribution in [0.15, 0.2) is 48.0 Å². The number of esters is 1. The number of carbonyl (C=O) groups excluding carboxylic acids is 2. The van der Waals surface area contributed by atoms with Gasteiger partial charge >= 0.3 is 5.97 Å². The third-order valence-corrected chi connectivity index (χ3v) is 7.80. The van der Waals surface area contributed by atoms with Crippen molar-refractivity contribution >= 4 is 34.8 Å². The Hall–Kier alpha value is -2.70. The van der Waals surface area contributed by atoms with Gasteiger partial charge in [0, 0.05) is 51.4 Å². The van der Waals surface area contributed by atoms with Gasteiger partial charge in [-0.05, 0) is 72.5 Å². The predicted molar refractivity (Wildman–Crippen MR) is 147 cm³/mol. The zero-order valence-corrected chi connectivity index (χ0v) is 22.9. The number of thiophene rings is 1. The predicted octanol–water partition coefficient (Wildman–Crippen LogP) is 7.23. The highest BCUT2D eigenvalue weighted by atomic mass is 35.5. The maximum atomic E-state index is 13.2. The minimum atomic E-state index is -0.194. The molecule has 1 unspecified atom stereocenters. The van der Waals surface area contributed by atoms with Crippen LogP contribution in [0.25, 0.3) is 21.6 Å². The number of pyridine rings is 1. The molecule has 7 heteroatoms. The summed E-state index contributed by atoms with van der Waals surface area (Å²) in [5, 5.41) is 2.65. The molecule has 0 spiro atoms. The van der Waals surface area contributed by atoms with Gasteiger partial charge in [0.1, 0.15) is 0 Å². The molecule has 0 saturated carbocycles. The molecule has 0 bridgehead atoms. The van der Waals surface area contributed by atoms with E-state index < -0.39 is 0 Å². The molecule has 1 aliphatic heterocycles. The van der Waals surface area contributed by atoms with E-state index in [1.54, 1.807) is 24.3 Å². The average Bonchev–Trinajstić information content (AvgIpc) is 3.33. The lowest BCUT2D eigenvalue weighted by atomic mass is 9.90. The molecule has 3 aromatic rings. The Labute approximate surface area is 222 Å². The average molecular weight is 525 g/mol. The molecular formula is C29H33ClN2O3S. The van der Waals surface area contributed by atoms with E-state index in [4.69, 9.17) is 16.3 Å². The molecule has 190 valence electrons. The van der Waals surface area contributed by atoms with Crippen LogP contribution in [0.1, 0.15) is 63.0 Å². The number of hydrogen-bond acceptors (Lipinski definition) is 5. The molecule has 1 fully saturated rings. The Morgan fingerprint density at radius 2 is 1.97 bits per heavy atom. The van der Waals surface area contributed by atoms with Gasteiger partial charge in [-0.1, -0.05) is 38.4 Å². The number of benzene rings is 1. The number of amides is 1. The molecule has 1 saturated heterocycles. The summed E-state index contributed by atoms with van der Waals surface area (Å²) < 4.78 is 5.08. The van der Waals surface area contributed by atoms with E-state index in [-0.39, 0.29) is 23.2 Å². The van der Waals surface area contributed by atoms with Crippen molar-refractivity contribution in [3.8, 4) is 21.6 Å². The first kappa shape index (κ1) is 26.4. The number of ether oxygens (including phenoxy) is 1. The minimum absolute atomic E-state index is 0.0189. The summed E-state index contributed by atoms with van der Waals surface area (Å²) in [6, 6.07) is 11.8. The van der Waals surface area contributed by atoms with Gasteiger partial charge in [-0.2, -0.15) is 0 Å². The van der Waals surface area contributed by atoms with Gasteiger partial charge in [-0.15, -0.1) is 11.3 Å². The zero-order chi connectivity index (χ0) is 25.9. The molecule has 0 aliphatic carbocycles. The van der Waals surface area contributed by atoms with E-state index in [9.17, 15) is 9.59 Å². The maximum absolute atomic E-state index is 13.2. The number of carbonyl (C=O) groups is 2. The summed E-state index contributed by atoms with van der Waals surface area (Å²) in [5.41, 5.74) is 4.67. The maximum Gasteiger partial charge on any atom is 0.306 e. The van der Waals surface area contributed by atoms with Crippen LogP contribution in [0.2, 0.25) is 5.02 Å². The van der Waals surface area contributed by atoms with Crippen molar-refractivity contribution in [2.75, 3.05) is 19.7 Å². The molecule has 5 nitrogen and oxygen atoms in total. The van der Waals surface area contributed by atoms with E-state index in [0.717, 1.165) is 40.1 Å². The largest absolute Gasteiger partial charge is 0.466 e. The summed E-state index contributed by atoms with van der Waals surface area (Å²) in [6.07, 6.45) is 4.02. The Morgan fingerprint density at radius 1 is 1.17 bits per heavy atom. The van der Waals surface area contributed by atoms with Crippen LogP contribution in [-0.4, -0.2) is 41.5 Å². The Morgan fingerprint density at radius 3 is 2.69 bits per heavy atom. The fourth-order valence-electron chi connectivity index (χ4n) is 4.56. The Balaban J connectivity index is 1.49. The molecule has 1 aliphatic rings. The van der Waals surface area contributed by atoms with Gasteiger partial charge in [-0.3, -0.25) is 14.6 Å². The number of nitrogens with zero attached hydrogens (tertiary/aromatic N) is 2. The number of rotatable bonds is 6. The molecular weight excluding hydrogens is 492 g/mol. The second-order valence-electron chi connectivity index (χ2n) is 10.3. The highest BCUT2D eigenvalue weighted by Gasteiger charge is 2.27. The van der Waals surface area contributed by atoms with Crippen molar-refractivity contribution in [1.82, 2.24) is 9.88 Å². The highest BCUT2D eigenvalue weighted by molar-refractivity contribution is 7.14. The topological polar surface area (TPSA) is 59.5 Å². The van der Waals surface area contributed by atoms with Gasteiger partial charge in [0.25, 0.3) is 5.91 Å². The lowest BCUT2D eigenvalue weighted by Crippen LogP contribution is -2.40. The van der Waals surface area contributed by atoms with Crippen LogP contribution in [0, 0.1) is 5.92 Å². The molecule has 2 aromatic heterocycles. The van der Waals surface area contributed by atoms with Crippen LogP contribution in [0.5, 0.6) is 0 Å². The molecule has 1 amide bonds. The standard InChI is InChI=1S/C29H33ClN2O3S/c1-5-35-27(33)13-19-7-6-12-32(17-19)28(34)21-8-9-23(24(30)14-21)22-15-25(36-18-22)20-10-11-31-26(16-20)29(2,3)4/h8-11,14-16,18-19H,5-7,12-13,17H2,1-4H3. The van der Waals surface area contributed by atoms with E-state index in [2.05, 4.69) is 43.3 Å². The summed E-state index contributed by atoms with van der Waals surface area (Å²) in [7, 11) is 0. The lowest BCUT2D eigenvalue weighted by Gasteiger charge is -2.32. The van der Waals surface area contributed by atoms with Gasteiger partial charge in [-0.25, -0.2) is 0 Å². The molecule has 36 heavy (non-hydrogen) atoms.